The summed E-state index contributed by atoms with van der Waals surface area (Å²) in [6.07, 6.45) is 4.55. The van der Waals surface area contributed by atoms with Crippen LogP contribution in [0.5, 0.6) is 5.75 Å². The highest BCUT2D eigenvalue weighted by Crippen LogP contribution is 2.41. The van der Waals surface area contributed by atoms with E-state index in [1.807, 2.05) is 43.3 Å². The first kappa shape index (κ1) is 22.5. The lowest BCUT2D eigenvalue weighted by Gasteiger charge is -2.22. The summed E-state index contributed by atoms with van der Waals surface area (Å²) in [6.45, 7) is 2.18. The van der Waals surface area contributed by atoms with Crippen LogP contribution in [-0.4, -0.2) is 30.2 Å². The van der Waals surface area contributed by atoms with Crippen LogP contribution in [0.15, 0.2) is 65.2 Å². The molecule has 3 amide bonds. The summed E-state index contributed by atoms with van der Waals surface area (Å²) in [5.74, 6) is -2.20. The summed E-state index contributed by atoms with van der Waals surface area (Å²) >= 11 is 3.37. The number of amides is 3. The summed E-state index contributed by atoms with van der Waals surface area (Å²) in [6, 6.07) is 13.8. The van der Waals surface area contributed by atoms with Crippen LogP contribution in [0.1, 0.15) is 19.8 Å². The Balaban J connectivity index is 1.30. The van der Waals surface area contributed by atoms with E-state index in [4.69, 9.17) is 4.74 Å². The molecule has 2 aromatic carbocycles. The smallest absolute Gasteiger partial charge is 0.316 e. The minimum atomic E-state index is -0.607. The van der Waals surface area contributed by atoms with Crippen molar-refractivity contribution in [3.63, 3.8) is 0 Å². The quantitative estimate of drug-likeness (QED) is 0.261. The lowest BCUT2D eigenvalue weighted by molar-refractivity contribution is -0.139. The SMILES string of the molecule is C[C@@H]1C=CC[C@@H]2C(=O)N(c3cccc(OC(=O)[C@@H]4CC(=O)N(c5ccc(Br)cc5)C4)c3)C(=O)[C@H]12. The van der Waals surface area contributed by atoms with E-state index in [2.05, 4.69) is 15.9 Å². The maximum absolute atomic E-state index is 13.0. The van der Waals surface area contributed by atoms with Crippen molar-refractivity contribution < 1.29 is 23.9 Å². The summed E-state index contributed by atoms with van der Waals surface area (Å²) in [5, 5.41) is 0. The predicted octanol–water partition coefficient (Wildman–Crippen LogP) is 4.11. The third-order valence-corrected chi connectivity index (χ3v) is 7.29. The average Bonchev–Trinajstić information content (AvgIpc) is 3.33. The monoisotopic (exact) mass is 522 g/mol. The van der Waals surface area contributed by atoms with Gasteiger partial charge in [0.25, 0.3) is 0 Å². The Labute approximate surface area is 205 Å². The number of allylic oxidation sites excluding steroid dienone is 2. The Morgan fingerprint density at radius 1 is 1.03 bits per heavy atom. The van der Waals surface area contributed by atoms with Gasteiger partial charge < -0.3 is 9.64 Å². The van der Waals surface area contributed by atoms with Gasteiger partial charge in [0.2, 0.25) is 17.7 Å². The molecule has 0 aromatic heterocycles. The minimum absolute atomic E-state index is 0.00483. The van der Waals surface area contributed by atoms with Gasteiger partial charge in [0.15, 0.2) is 0 Å². The molecule has 2 aliphatic heterocycles. The molecule has 174 valence electrons. The van der Waals surface area contributed by atoms with Crippen LogP contribution in [0, 0.1) is 23.7 Å². The Kier molecular flexibility index (Phi) is 5.85. The highest BCUT2D eigenvalue weighted by atomic mass is 79.9. The molecule has 3 aliphatic rings. The number of imide groups is 1. The molecule has 0 saturated carbocycles. The number of carbonyl (C=O) groups is 4. The zero-order valence-corrected chi connectivity index (χ0v) is 20.1. The number of nitrogens with zero attached hydrogens (tertiary/aromatic N) is 2. The topological polar surface area (TPSA) is 84.0 Å². The summed E-state index contributed by atoms with van der Waals surface area (Å²) in [5.41, 5.74) is 1.11. The van der Waals surface area contributed by atoms with Crippen LogP contribution in [0.3, 0.4) is 0 Å². The third-order valence-electron chi connectivity index (χ3n) is 6.76. The number of carbonyl (C=O) groups excluding carboxylic acids is 4. The molecule has 34 heavy (non-hydrogen) atoms. The molecule has 2 saturated heterocycles. The van der Waals surface area contributed by atoms with Crippen molar-refractivity contribution in [2.75, 3.05) is 16.3 Å². The van der Waals surface area contributed by atoms with E-state index in [0.29, 0.717) is 12.1 Å². The number of anilines is 2. The number of ether oxygens (including phenoxy) is 1. The lowest BCUT2D eigenvalue weighted by Crippen LogP contribution is -2.31. The van der Waals surface area contributed by atoms with Crippen molar-refractivity contribution in [2.24, 2.45) is 23.7 Å². The van der Waals surface area contributed by atoms with E-state index in [1.165, 1.54) is 11.0 Å². The zero-order valence-electron chi connectivity index (χ0n) is 18.5. The molecular weight excluding hydrogens is 500 g/mol. The molecule has 0 spiro atoms. The number of hydrogen-bond acceptors (Lipinski definition) is 5. The van der Waals surface area contributed by atoms with Crippen molar-refractivity contribution in [1.82, 2.24) is 0 Å². The second kappa shape index (κ2) is 8.83. The van der Waals surface area contributed by atoms with Gasteiger partial charge in [-0.3, -0.25) is 19.2 Å². The molecule has 0 radical (unpaired) electrons. The summed E-state index contributed by atoms with van der Waals surface area (Å²) in [7, 11) is 0. The first-order chi connectivity index (χ1) is 16.3. The second-order valence-corrected chi connectivity index (χ2v) is 9.88. The zero-order chi connectivity index (χ0) is 24.0. The van der Waals surface area contributed by atoms with Crippen LogP contribution < -0.4 is 14.5 Å². The number of fused-ring (bicyclic) bond motifs is 1. The van der Waals surface area contributed by atoms with Crippen molar-refractivity contribution >= 4 is 51.0 Å². The fourth-order valence-corrected chi connectivity index (χ4v) is 5.29. The van der Waals surface area contributed by atoms with Gasteiger partial charge in [0, 0.05) is 29.2 Å². The van der Waals surface area contributed by atoms with Gasteiger partial charge in [0.05, 0.1) is 23.4 Å². The first-order valence-corrected chi connectivity index (χ1v) is 12.0. The Hall–Kier alpha value is -3.26. The lowest BCUT2D eigenvalue weighted by atomic mass is 9.78. The number of hydrogen-bond donors (Lipinski definition) is 0. The van der Waals surface area contributed by atoms with E-state index in [-0.39, 0.29) is 54.2 Å². The van der Waals surface area contributed by atoms with E-state index >= 15 is 0 Å². The van der Waals surface area contributed by atoms with Gasteiger partial charge in [0.1, 0.15) is 5.75 Å². The minimum Gasteiger partial charge on any atom is -0.426 e. The molecule has 2 fully saturated rings. The Morgan fingerprint density at radius 2 is 1.79 bits per heavy atom. The third kappa shape index (κ3) is 3.96. The van der Waals surface area contributed by atoms with Gasteiger partial charge in [-0.2, -0.15) is 0 Å². The highest BCUT2D eigenvalue weighted by molar-refractivity contribution is 9.10. The van der Waals surface area contributed by atoms with Crippen molar-refractivity contribution in [2.45, 2.75) is 19.8 Å². The Bertz CT molecular complexity index is 1210. The Morgan fingerprint density at radius 3 is 2.53 bits per heavy atom. The van der Waals surface area contributed by atoms with E-state index in [0.717, 1.165) is 10.2 Å². The summed E-state index contributed by atoms with van der Waals surface area (Å²) in [4.78, 5) is 54.2. The molecule has 4 atom stereocenters. The van der Waals surface area contributed by atoms with Crippen LogP contribution in [0.25, 0.3) is 0 Å². The van der Waals surface area contributed by atoms with Crippen molar-refractivity contribution in [3.05, 3.63) is 65.2 Å². The molecule has 0 unspecified atom stereocenters. The molecule has 2 heterocycles. The number of esters is 1. The molecular formula is C26H23BrN2O5. The fourth-order valence-electron chi connectivity index (χ4n) is 5.02. The van der Waals surface area contributed by atoms with Crippen LogP contribution >= 0.6 is 15.9 Å². The number of halogens is 1. The van der Waals surface area contributed by atoms with Crippen LogP contribution in [0.4, 0.5) is 11.4 Å². The average molecular weight is 523 g/mol. The number of benzene rings is 2. The van der Waals surface area contributed by atoms with E-state index in [9.17, 15) is 19.2 Å². The normalized spacial score (nSPS) is 26.2. The van der Waals surface area contributed by atoms with Gasteiger partial charge in [-0.25, -0.2) is 4.90 Å². The number of rotatable bonds is 4. The van der Waals surface area contributed by atoms with Gasteiger partial charge >= 0.3 is 5.97 Å². The molecule has 0 bridgehead atoms. The van der Waals surface area contributed by atoms with E-state index < -0.39 is 11.9 Å². The molecule has 5 rings (SSSR count). The maximum Gasteiger partial charge on any atom is 0.316 e. The second-order valence-electron chi connectivity index (χ2n) is 8.97. The van der Waals surface area contributed by atoms with Gasteiger partial charge in [-0.15, -0.1) is 0 Å². The summed E-state index contributed by atoms with van der Waals surface area (Å²) < 4.78 is 6.48. The van der Waals surface area contributed by atoms with Crippen LogP contribution in [-0.2, 0) is 19.2 Å². The standard InChI is InChI=1S/C26H23BrN2O5/c1-15-4-2-7-21-23(15)25(32)29(24(21)31)19-5-3-6-20(13-19)34-26(33)16-12-22(30)28(14-16)18-10-8-17(27)9-11-18/h2-6,8-11,13,15-16,21,23H,7,12,14H2,1H3/t15-,16-,21+,23-/m1/s1. The van der Waals surface area contributed by atoms with Gasteiger partial charge in [-0.05, 0) is 48.7 Å². The van der Waals surface area contributed by atoms with Gasteiger partial charge in [-0.1, -0.05) is 41.1 Å². The fraction of sp³-hybridized carbons (Fsp3) is 0.308. The maximum atomic E-state index is 13.0. The molecule has 1 aliphatic carbocycles. The van der Waals surface area contributed by atoms with Crippen molar-refractivity contribution in [3.8, 4) is 5.75 Å². The van der Waals surface area contributed by atoms with E-state index in [1.54, 1.807) is 23.1 Å². The molecule has 0 N–H and O–H groups in total. The first-order valence-electron chi connectivity index (χ1n) is 11.3. The largest absolute Gasteiger partial charge is 0.426 e. The molecule has 7 nitrogen and oxygen atoms in total. The predicted molar refractivity (Wildman–Crippen MR) is 129 cm³/mol. The van der Waals surface area contributed by atoms with Crippen LogP contribution in [0.2, 0.25) is 0 Å². The molecule has 2 aromatic rings. The van der Waals surface area contributed by atoms with Crippen molar-refractivity contribution in [1.29, 1.82) is 0 Å². The highest BCUT2D eigenvalue weighted by Gasteiger charge is 2.50. The molecule has 8 heteroatoms.